The lowest BCUT2D eigenvalue weighted by Gasteiger charge is -2.34. The second kappa shape index (κ2) is 9.87. The fourth-order valence-corrected chi connectivity index (χ4v) is 3.01. The van der Waals surface area contributed by atoms with Crippen LogP contribution in [0.3, 0.4) is 0 Å². The second-order valence-electron chi connectivity index (χ2n) is 7.08. The summed E-state index contributed by atoms with van der Waals surface area (Å²) in [4.78, 5) is 18.8. The highest BCUT2D eigenvalue weighted by atomic mass is 16.3. The molecule has 1 heterocycles. The molecule has 1 aliphatic rings. The zero-order valence-corrected chi connectivity index (χ0v) is 15.7. The Hall–Kier alpha value is -1.47. The van der Waals surface area contributed by atoms with E-state index in [4.69, 9.17) is 0 Å². The van der Waals surface area contributed by atoms with Crippen LogP contribution < -0.4 is 5.32 Å². The highest BCUT2D eigenvalue weighted by molar-refractivity contribution is 5.81. The molecule has 2 atom stereocenters. The molecule has 1 aliphatic heterocycles. The summed E-state index contributed by atoms with van der Waals surface area (Å²) in [6.07, 6.45) is -0.447. The van der Waals surface area contributed by atoms with E-state index >= 15 is 0 Å². The molecule has 0 bridgehead atoms. The zero-order chi connectivity index (χ0) is 18.2. The third-order valence-corrected chi connectivity index (χ3v) is 4.91. The molecule has 1 aromatic carbocycles. The summed E-state index contributed by atoms with van der Waals surface area (Å²) >= 11 is 0. The van der Waals surface area contributed by atoms with Gasteiger partial charge in [-0.1, -0.05) is 30.3 Å². The average molecular weight is 348 g/mol. The first-order chi connectivity index (χ1) is 12.0. The first kappa shape index (κ1) is 19.8. The van der Waals surface area contributed by atoms with Crippen molar-refractivity contribution in [3.05, 3.63) is 35.9 Å². The van der Waals surface area contributed by atoms with E-state index in [1.807, 2.05) is 49.2 Å². The van der Waals surface area contributed by atoms with Gasteiger partial charge in [-0.05, 0) is 26.6 Å². The summed E-state index contributed by atoms with van der Waals surface area (Å²) in [6.45, 7) is 7.63. The molecular formula is C19H32N4O2. The fourth-order valence-electron chi connectivity index (χ4n) is 3.01. The molecule has 0 radical (unpaired) electrons. The Morgan fingerprint density at radius 2 is 1.88 bits per heavy atom. The number of β-amino-alcohol motifs (C(OH)–C–C–N with tert-alkyl or cyclic N) is 1. The normalized spacial score (nSPS) is 18.9. The minimum absolute atomic E-state index is 0.0156. The maximum absolute atomic E-state index is 12.3. The first-order valence-corrected chi connectivity index (χ1v) is 9.06. The number of piperazine rings is 1. The number of benzene rings is 1. The average Bonchev–Trinajstić information content (AvgIpc) is 2.61. The molecule has 1 aromatic rings. The number of amides is 1. The molecule has 0 saturated carbocycles. The van der Waals surface area contributed by atoms with Gasteiger partial charge in [0.25, 0.3) is 0 Å². The van der Waals surface area contributed by atoms with Gasteiger partial charge in [-0.3, -0.25) is 14.6 Å². The molecule has 6 heteroatoms. The monoisotopic (exact) mass is 348 g/mol. The number of nitrogens with one attached hydrogen (secondary N) is 1. The Morgan fingerprint density at radius 1 is 1.24 bits per heavy atom. The number of aliphatic hydroxyl groups excluding tert-OH is 1. The highest BCUT2D eigenvalue weighted by Crippen LogP contribution is 2.04. The number of rotatable bonds is 8. The van der Waals surface area contributed by atoms with Gasteiger partial charge in [0.15, 0.2) is 0 Å². The van der Waals surface area contributed by atoms with Crippen LogP contribution in [0.2, 0.25) is 0 Å². The van der Waals surface area contributed by atoms with E-state index < -0.39 is 6.10 Å². The number of carbonyl (C=O) groups is 1. The van der Waals surface area contributed by atoms with Gasteiger partial charge in [0.1, 0.15) is 0 Å². The number of nitrogens with zero attached hydrogens (tertiary/aromatic N) is 3. The summed E-state index contributed by atoms with van der Waals surface area (Å²) in [5, 5.41) is 13.3. The Labute approximate surface area is 151 Å². The van der Waals surface area contributed by atoms with Crippen LogP contribution in [0.1, 0.15) is 12.5 Å². The third-order valence-electron chi connectivity index (χ3n) is 4.91. The van der Waals surface area contributed by atoms with Crippen LogP contribution in [0, 0.1) is 0 Å². The minimum Gasteiger partial charge on any atom is -0.390 e. The van der Waals surface area contributed by atoms with E-state index in [2.05, 4.69) is 22.2 Å². The summed E-state index contributed by atoms with van der Waals surface area (Å²) in [6, 6.07) is 9.61. The van der Waals surface area contributed by atoms with Crippen molar-refractivity contribution in [2.45, 2.75) is 25.6 Å². The predicted molar refractivity (Wildman–Crippen MR) is 100 cm³/mol. The standard InChI is InChI=1S/C19H32N4O2/c1-16(19(25)20-13-17-7-5-4-6-8-17)22(3)14-18(24)15-23-11-9-21(2)10-12-23/h4-8,16,18,24H,9-15H2,1-3H3,(H,20,25). The van der Waals surface area contributed by atoms with E-state index in [-0.39, 0.29) is 11.9 Å². The lowest BCUT2D eigenvalue weighted by Crippen LogP contribution is -2.50. The van der Waals surface area contributed by atoms with Crippen molar-refractivity contribution in [2.24, 2.45) is 0 Å². The molecule has 2 rings (SSSR count). The van der Waals surface area contributed by atoms with Crippen LogP contribution in [0.4, 0.5) is 0 Å². The molecule has 25 heavy (non-hydrogen) atoms. The number of hydrogen-bond acceptors (Lipinski definition) is 5. The quantitative estimate of drug-likeness (QED) is 0.704. The number of aliphatic hydroxyl groups is 1. The zero-order valence-electron chi connectivity index (χ0n) is 15.7. The molecule has 0 spiro atoms. The van der Waals surface area contributed by atoms with Crippen LogP contribution in [-0.4, -0.2) is 91.2 Å². The highest BCUT2D eigenvalue weighted by Gasteiger charge is 2.22. The van der Waals surface area contributed by atoms with Crippen molar-refractivity contribution in [3.8, 4) is 0 Å². The van der Waals surface area contributed by atoms with Crippen molar-refractivity contribution in [1.82, 2.24) is 20.0 Å². The van der Waals surface area contributed by atoms with E-state index in [1.165, 1.54) is 0 Å². The Bertz CT molecular complexity index is 517. The van der Waals surface area contributed by atoms with E-state index in [1.54, 1.807) is 0 Å². The maximum atomic E-state index is 12.3. The van der Waals surface area contributed by atoms with Crippen molar-refractivity contribution in [2.75, 3.05) is 53.4 Å². The number of carbonyl (C=O) groups excluding carboxylic acids is 1. The largest absolute Gasteiger partial charge is 0.390 e. The van der Waals surface area contributed by atoms with Crippen LogP contribution in [-0.2, 0) is 11.3 Å². The molecule has 0 aliphatic carbocycles. The topological polar surface area (TPSA) is 59.1 Å². The molecule has 140 valence electrons. The smallest absolute Gasteiger partial charge is 0.237 e. The number of hydrogen-bond donors (Lipinski definition) is 2. The number of likely N-dealkylation sites (N-methyl/N-ethyl adjacent to an activating group) is 2. The Kier molecular flexibility index (Phi) is 7.84. The van der Waals surface area contributed by atoms with Crippen LogP contribution in [0.25, 0.3) is 0 Å². The SMILES string of the molecule is CC(C(=O)NCc1ccccc1)N(C)CC(O)CN1CCN(C)CC1. The summed E-state index contributed by atoms with van der Waals surface area (Å²) in [5.74, 6) is -0.0156. The molecule has 6 nitrogen and oxygen atoms in total. The van der Waals surface area contributed by atoms with Gasteiger partial charge in [0, 0.05) is 45.8 Å². The predicted octanol–water partition coefficient (Wildman–Crippen LogP) is 0.231. The van der Waals surface area contributed by atoms with Gasteiger partial charge in [-0.2, -0.15) is 0 Å². The van der Waals surface area contributed by atoms with E-state index in [0.29, 0.717) is 19.6 Å². The van der Waals surface area contributed by atoms with Gasteiger partial charge in [0.2, 0.25) is 5.91 Å². The van der Waals surface area contributed by atoms with Gasteiger partial charge in [-0.15, -0.1) is 0 Å². The van der Waals surface area contributed by atoms with Crippen molar-refractivity contribution < 1.29 is 9.90 Å². The molecule has 0 aromatic heterocycles. The minimum atomic E-state index is -0.447. The Morgan fingerprint density at radius 3 is 2.52 bits per heavy atom. The summed E-state index contributed by atoms with van der Waals surface area (Å²) in [7, 11) is 4.01. The summed E-state index contributed by atoms with van der Waals surface area (Å²) < 4.78 is 0. The lowest BCUT2D eigenvalue weighted by molar-refractivity contribution is -0.126. The Balaban J connectivity index is 1.71. The van der Waals surface area contributed by atoms with Crippen LogP contribution in [0.5, 0.6) is 0 Å². The van der Waals surface area contributed by atoms with Crippen molar-refractivity contribution in [3.63, 3.8) is 0 Å². The van der Waals surface area contributed by atoms with Crippen LogP contribution >= 0.6 is 0 Å². The molecule has 1 fully saturated rings. The van der Waals surface area contributed by atoms with E-state index in [0.717, 1.165) is 31.7 Å². The first-order valence-electron chi connectivity index (χ1n) is 9.06. The maximum Gasteiger partial charge on any atom is 0.237 e. The summed E-state index contributed by atoms with van der Waals surface area (Å²) in [5.41, 5.74) is 1.08. The van der Waals surface area contributed by atoms with Crippen molar-refractivity contribution >= 4 is 5.91 Å². The van der Waals surface area contributed by atoms with E-state index in [9.17, 15) is 9.90 Å². The van der Waals surface area contributed by atoms with Gasteiger partial charge >= 0.3 is 0 Å². The molecule has 2 N–H and O–H groups in total. The molecule has 1 amide bonds. The second-order valence-corrected chi connectivity index (χ2v) is 7.08. The van der Waals surface area contributed by atoms with Crippen molar-refractivity contribution in [1.29, 1.82) is 0 Å². The molecule has 2 unspecified atom stereocenters. The fraction of sp³-hybridized carbons (Fsp3) is 0.632. The van der Waals surface area contributed by atoms with Crippen LogP contribution in [0.15, 0.2) is 30.3 Å². The molecule has 1 saturated heterocycles. The lowest BCUT2D eigenvalue weighted by atomic mass is 10.2. The van der Waals surface area contributed by atoms with Gasteiger partial charge < -0.3 is 15.3 Å². The molecular weight excluding hydrogens is 316 g/mol. The van der Waals surface area contributed by atoms with Gasteiger partial charge in [0.05, 0.1) is 12.1 Å². The third kappa shape index (κ3) is 6.74. The van der Waals surface area contributed by atoms with Gasteiger partial charge in [-0.25, -0.2) is 0 Å².